The number of allylic oxidation sites excluding steroid dienone is 3. The molecule has 0 saturated carbocycles. The topological polar surface area (TPSA) is 90.9 Å². The highest BCUT2D eigenvalue weighted by Crippen LogP contribution is 2.47. The van der Waals surface area contributed by atoms with Crippen molar-refractivity contribution in [3.05, 3.63) is 52.4 Å². The lowest BCUT2D eigenvalue weighted by atomic mass is 9.69. The molecule has 0 spiro atoms. The van der Waals surface area contributed by atoms with E-state index < -0.39 is 23.8 Å². The van der Waals surface area contributed by atoms with Crippen LogP contribution in [0.4, 0.5) is 0 Å². The van der Waals surface area contributed by atoms with E-state index in [-0.39, 0.29) is 18.3 Å². The molecule has 0 fully saturated rings. The summed E-state index contributed by atoms with van der Waals surface area (Å²) in [5.41, 5.74) is 2.82. The zero-order valence-electron chi connectivity index (χ0n) is 20.4. The Balaban J connectivity index is 2.13. The van der Waals surface area contributed by atoms with Gasteiger partial charge in [-0.1, -0.05) is 32.0 Å². The Morgan fingerprint density at radius 2 is 1.94 bits per heavy atom. The molecule has 0 aromatic heterocycles. The van der Waals surface area contributed by atoms with Gasteiger partial charge in [-0.15, -0.1) is 0 Å². The number of carbonyl (C=O) groups is 3. The van der Waals surface area contributed by atoms with Gasteiger partial charge in [-0.05, 0) is 38.0 Å². The molecule has 1 aromatic carbocycles. The van der Waals surface area contributed by atoms with Gasteiger partial charge >= 0.3 is 11.9 Å². The van der Waals surface area contributed by atoms with E-state index in [4.69, 9.17) is 14.2 Å². The second-order valence-electron chi connectivity index (χ2n) is 8.34. The number of carbonyl (C=O) groups excluding carboxylic acids is 3. The highest BCUT2D eigenvalue weighted by Gasteiger charge is 2.47. The summed E-state index contributed by atoms with van der Waals surface area (Å²) in [6, 6.07) is 7.38. The minimum atomic E-state index is -0.927. The minimum absolute atomic E-state index is 0.235. The number of hydrogen-bond acceptors (Lipinski definition) is 8. The van der Waals surface area contributed by atoms with Gasteiger partial charge in [0.15, 0.2) is 5.78 Å². The smallest absolute Gasteiger partial charge is 0.336 e. The number of thioether (sulfide) groups is 1. The van der Waals surface area contributed by atoms with Gasteiger partial charge in [0.2, 0.25) is 0 Å². The number of esters is 2. The van der Waals surface area contributed by atoms with E-state index in [0.717, 1.165) is 11.4 Å². The number of ketones is 1. The normalized spacial score (nSPS) is 22.1. The number of methoxy groups -OCH3 is 1. The van der Waals surface area contributed by atoms with Gasteiger partial charge in [-0.2, -0.15) is 11.8 Å². The van der Waals surface area contributed by atoms with E-state index in [1.807, 2.05) is 52.0 Å². The maximum atomic E-state index is 13.8. The second-order valence-corrected chi connectivity index (χ2v) is 9.73. The van der Waals surface area contributed by atoms with Crippen molar-refractivity contribution < 1.29 is 28.6 Å². The molecule has 0 saturated heterocycles. The Labute approximate surface area is 205 Å². The van der Waals surface area contributed by atoms with Crippen LogP contribution >= 0.6 is 11.8 Å². The van der Waals surface area contributed by atoms with Crippen molar-refractivity contribution in [2.45, 2.75) is 40.0 Å². The Bertz CT molecular complexity index is 1010. The fourth-order valence-corrected chi connectivity index (χ4v) is 5.17. The first-order chi connectivity index (χ1) is 16.3. The highest BCUT2D eigenvalue weighted by molar-refractivity contribution is 7.99. The number of benzene rings is 1. The van der Waals surface area contributed by atoms with Crippen LogP contribution in [0.2, 0.25) is 0 Å². The number of Topliss-reactive ketones (excluding diaryl/α,β-unsaturated/α-hetero) is 1. The molecule has 1 N–H and O–H groups in total. The zero-order valence-corrected chi connectivity index (χ0v) is 21.3. The van der Waals surface area contributed by atoms with Crippen molar-refractivity contribution in [2.24, 2.45) is 11.8 Å². The van der Waals surface area contributed by atoms with Crippen LogP contribution in [0, 0.1) is 11.8 Å². The summed E-state index contributed by atoms with van der Waals surface area (Å²) < 4.78 is 16.4. The van der Waals surface area contributed by atoms with Crippen LogP contribution in [0.25, 0.3) is 0 Å². The van der Waals surface area contributed by atoms with E-state index in [9.17, 15) is 14.4 Å². The fraction of sp³-hybridized carbons (Fsp3) is 0.500. The van der Waals surface area contributed by atoms with Crippen LogP contribution in [0.3, 0.4) is 0 Å². The molecule has 0 amide bonds. The molecular formula is C26H33NO6S. The standard InChI is InChI=1S/C26H33NO6S/c1-6-32-19-11-9-8-10-17(19)22-21(26(30)33-12-13-34-7-2)16(4)27-18-14-15(3)20(25(29)31-5)24(28)23(18)22/h8-11,15,20,22,27H,6-7,12-14H2,1-5H3/t15-,20+,22+/m0/s1. The molecule has 0 bridgehead atoms. The summed E-state index contributed by atoms with van der Waals surface area (Å²) in [6.45, 7) is 8.32. The molecule has 8 heteroatoms. The Morgan fingerprint density at radius 3 is 2.62 bits per heavy atom. The van der Waals surface area contributed by atoms with E-state index in [1.165, 1.54) is 7.11 Å². The molecule has 0 radical (unpaired) electrons. The quantitative estimate of drug-likeness (QED) is 0.318. The van der Waals surface area contributed by atoms with Crippen LogP contribution in [-0.4, -0.2) is 49.6 Å². The molecule has 1 aliphatic heterocycles. The van der Waals surface area contributed by atoms with Gasteiger partial charge in [0, 0.05) is 28.3 Å². The summed E-state index contributed by atoms with van der Waals surface area (Å²) in [4.78, 5) is 39.7. The number of rotatable bonds is 9. The predicted octanol–water partition coefficient (Wildman–Crippen LogP) is 3.99. The number of dihydropyridines is 1. The summed E-state index contributed by atoms with van der Waals surface area (Å²) in [7, 11) is 1.29. The van der Waals surface area contributed by atoms with Crippen LogP contribution < -0.4 is 10.1 Å². The van der Waals surface area contributed by atoms with Gasteiger partial charge in [0.05, 0.1) is 25.2 Å². The first-order valence-corrected chi connectivity index (χ1v) is 12.8. The molecule has 7 nitrogen and oxygen atoms in total. The van der Waals surface area contributed by atoms with Gasteiger partial charge in [0.1, 0.15) is 18.3 Å². The summed E-state index contributed by atoms with van der Waals surface area (Å²) in [6.07, 6.45) is 0.487. The molecule has 2 aliphatic rings. The van der Waals surface area contributed by atoms with Crippen molar-refractivity contribution in [3.8, 4) is 5.75 Å². The molecule has 1 aliphatic carbocycles. The van der Waals surface area contributed by atoms with Crippen molar-refractivity contribution in [1.29, 1.82) is 0 Å². The lowest BCUT2D eigenvalue weighted by Crippen LogP contribution is -2.43. The first-order valence-electron chi connectivity index (χ1n) is 11.6. The Hall–Kier alpha value is -2.74. The third-order valence-corrected chi connectivity index (χ3v) is 7.02. The largest absolute Gasteiger partial charge is 0.494 e. The maximum absolute atomic E-state index is 13.8. The van der Waals surface area contributed by atoms with E-state index in [0.29, 0.717) is 46.9 Å². The number of para-hydroxylation sites is 1. The summed E-state index contributed by atoms with van der Waals surface area (Å²) >= 11 is 1.68. The maximum Gasteiger partial charge on any atom is 0.336 e. The third-order valence-electron chi connectivity index (χ3n) is 6.16. The molecule has 3 rings (SSSR count). The number of nitrogens with one attached hydrogen (secondary N) is 1. The zero-order chi connectivity index (χ0) is 24.8. The highest BCUT2D eigenvalue weighted by atomic mass is 32.2. The summed E-state index contributed by atoms with van der Waals surface area (Å²) in [5, 5.41) is 3.28. The van der Waals surface area contributed by atoms with Crippen LogP contribution in [0.15, 0.2) is 46.8 Å². The number of hydrogen-bond donors (Lipinski definition) is 1. The van der Waals surface area contributed by atoms with Gasteiger partial charge in [0.25, 0.3) is 0 Å². The van der Waals surface area contributed by atoms with E-state index in [2.05, 4.69) is 5.32 Å². The molecule has 1 aromatic rings. The van der Waals surface area contributed by atoms with Crippen LogP contribution in [0.1, 0.15) is 45.6 Å². The average Bonchev–Trinajstić information content (AvgIpc) is 2.81. The molecule has 0 unspecified atom stereocenters. The minimum Gasteiger partial charge on any atom is -0.494 e. The molecular weight excluding hydrogens is 454 g/mol. The second kappa shape index (κ2) is 11.6. The molecule has 34 heavy (non-hydrogen) atoms. The number of ether oxygens (including phenoxy) is 3. The Kier molecular flexibility index (Phi) is 8.83. The molecule has 3 atom stereocenters. The van der Waals surface area contributed by atoms with Crippen molar-refractivity contribution in [1.82, 2.24) is 5.32 Å². The van der Waals surface area contributed by atoms with Gasteiger partial charge in [-0.3, -0.25) is 9.59 Å². The predicted molar refractivity (Wildman–Crippen MR) is 131 cm³/mol. The van der Waals surface area contributed by atoms with Crippen molar-refractivity contribution >= 4 is 29.5 Å². The van der Waals surface area contributed by atoms with Crippen molar-refractivity contribution in [3.63, 3.8) is 0 Å². The lowest BCUT2D eigenvalue weighted by molar-refractivity contribution is -0.151. The average molecular weight is 488 g/mol. The SMILES string of the molecule is CCOc1ccccc1[C@@H]1C(C(=O)OCCSCC)=C(C)NC2=C1C(=O)[C@H](C(=O)OC)[C@@H](C)C2. The third kappa shape index (κ3) is 5.17. The molecule has 1 heterocycles. The van der Waals surface area contributed by atoms with Gasteiger partial charge < -0.3 is 19.5 Å². The summed E-state index contributed by atoms with van der Waals surface area (Å²) in [5.74, 6) is -1.03. The Morgan fingerprint density at radius 1 is 1.21 bits per heavy atom. The van der Waals surface area contributed by atoms with Crippen LogP contribution in [0.5, 0.6) is 5.75 Å². The monoisotopic (exact) mass is 487 g/mol. The van der Waals surface area contributed by atoms with E-state index in [1.54, 1.807) is 11.8 Å². The first kappa shape index (κ1) is 25.9. The van der Waals surface area contributed by atoms with Gasteiger partial charge in [-0.25, -0.2) is 4.79 Å². The molecule has 184 valence electrons. The fourth-order valence-electron chi connectivity index (χ4n) is 4.68. The van der Waals surface area contributed by atoms with Crippen LogP contribution in [-0.2, 0) is 23.9 Å². The lowest BCUT2D eigenvalue weighted by Gasteiger charge is -2.38. The van der Waals surface area contributed by atoms with Crippen molar-refractivity contribution in [2.75, 3.05) is 31.8 Å². The van der Waals surface area contributed by atoms with E-state index >= 15 is 0 Å².